The van der Waals surface area contributed by atoms with Crippen molar-refractivity contribution in [3.63, 3.8) is 0 Å². The zero-order chi connectivity index (χ0) is 22.5. The van der Waals surface area contributed by atoms with Crippen LogP contribution in [-0.4, -0.2) is 77.0 Å². The van der Waals surface area contributed by atoms with Crippen LogP contribution in [0.1, 0.15) is 49.2 Å². The van der Waals surface area contributed by atoms with E-state index in [-0.39, 0.29) is 5.91 Å². The first-order valence-electron chi connectivity index (χ1n) is 11.9. The molecule has 4 rings (SSSR count). The molecule has 7 heteroatoms. The van der Waals surface area contributed by atoms with Gasteiger partial charge in [-0.25, -0.2) is 4.98 Å². The lowest BCUT2D eigenvalue weighted by Gasteiger charge is -2.39. The third-order valence-electron chi connectivity index (χ3n) is 6.84. The zero-order valence-electron chi connectivity index (χ0n) is 19.6. The van der Waals surface area contributed by atoms with Crippen LogP contribution in [-0.2, 0) is 0 Å². The van der Waals surface area contributed by atoms with E-state index in [9.17, 15) is 4.79 Å². The Labute approximate surface area is 191 Å². The van der Waals surface area contributed by atoms with E-state index >= 15 is 0 Å². The number of nitrogens with zero attached hydrogens (tertiary/aromatic N) is 5. The standard InChI is InChI=1S/C25H36N6O/c1-19(2)29-14-9-21(10-15-29)30-12-5-13-31(17-16-30)24-7-4-6-23(27-24)25(32)28-22-8-11-26-18-20(22)3/h4,6-8,11,18-19,21H,5,9-10,12-17H2,1-3H3,(H,26,28,32). The second kappa shape index (κ2) is 10.4. The molecule has 0 spiro atoms. The number of nitrogens with one attached hydrogen (secondary N) is 1. The van der Waals surface area contributed by atoms with Gasteiger partial charge in [-0.2, -0.15) is 0 Å². The molecule has 0 unspecified atom stereocenters. The number of carbonyl (C=O) groups excluding carboxylic acids is 1. The van der Waals surface area contributed by atoms with Crippen molar-refractivity contribution in [3.8, 4) is 0 Å². The van der Waals surface area contributed by atoms with E-state index in [4.69, 9.17) is 4.98 Å². The van der Waals surface area contributed by atoms with E-state index in [1.54, 1.807) is 18.5 Å². The molecule has 172 valence electrons. The third-order valence-corrected chi connectivity index (χ3v) is 6.84. The fraction of sp³-hybridized carbons (Fsp3) is 0.560. The summed E-state index contributed by atoms with van der Waals surface area (Å²) >= 11 is 0. The number of aromatic nitrogens is 2. The van der Waals surface area contributed by atoms with E-state index in [1.807, 2.05) is 25.1 Å². The Bertz CT molecular complexity index is 909. The Morgan fingerprint density at radius 1 is 1.06 bits per heavy atom. The van der Waals surface area contributed by atoms with Crippen LogP contribution in [0.4, 0.5) is 11.5 Å². The maximum atomic E-state index is 12.8. The van der Waals surface area contributed by atoms with Crippen molar-refractivity contribution in [2.24, 2.45) is 0 Å². The van der Waals surface area contributed by atoms with Crippen LogP contribution in [0.3, 0.4) is 0 Å². The Morgan fingerprint density at radius 3 is 2.62 bits per heavy atom. The lowest BCUT2D eigenvalue weighted by Crippen LogP contribution is -2.47. The smallest absolute Gasteiger partial charge is 0.274 e. The summed E-state index contributed by atoms with van der Waals surface area (Å²) in [6.45, 7) is 13.1. The Balaban J connectivity index is 1.36. The van der Waals surface area contributed by atoms with Gasteiger partial charge in [-0.05, 0) is 76.9 Å². The topological polar surface area (TPSA) is 64.6 Å². The summed E-state index contributed by atoms with van der Waals surface area (Å²) < 4.78 is 0. The van der Waals surface area contributed by atoms with Crippen LogP contribution < -0.4 is 10.2 Å². The molecule has 4 heterocycles. The van der Waals surface area contributed by atoms with Gasteiger partial charge in [0.15, 0.2) is 0 Å². The molecule has 2 aromatic heterocycles. The molecule has 2 aliphatic rings. The molecule has 0 aromatic carbocycles. The minimum absolute atomic E-state index is 0.186. The summed E-state index contributed by atoms with van der Waals surface area (Å²) in [4.78, 5) is 29.2. The maximum Gasteiger partial charge on any atom is 0.274 e. The van der Waals surface area contributed by atoms with Crippen LogP contribution in [0.2, 0.25) is 0 Å². The van der Waals surface area contributed by atoms with Crippen molar-refractivity contribution in [2.45, 2.75) is 52.1 Å². The van der Waals surface area contributed by atoms with Gasteiger partial charge in [-0.3, -0.25) is 14.7 Å². The average molecular weight is 437 g/mol. The molecule has 7 nitrogen and oxygen atoms in total. The first-order chi connectivity index (χ1) is 15.5. The molecule has 2 aliphatic heterocycles. The van der Waals surface area contributed by atoms with Crippen molar-refractivity contribution in [2.75, 3.05) is 49.5 Å². The fourth-order valence-electron chi connectivity index (χ4n) is 4.82. The van der Waals surface area contributed by atoms with Crippen molar-refractivity contribution < 1.29 is 4.79 Å². The highest BCUT2D eigenvalue weighted by Gasteiger charge is 2.27. The van der Waals surface area contributed by atoms with Gasteiger partial charge < -0.3 is 15.1 Å². The average Bonchev–Trinajstić information content (AvgIpc) is 3.07. The first kappa shape index (κ1) is 22.7. The highest BCUT2D eigenvalue weighted by molar-refractivity contribution is 6.03. The van der Waals surface area contributed by atoms with Gasteiger partial charge in [-0.1, -0.05) is 6.07 Å². The van der Waals surface area contributed by atoms with Gasteiger partial charge in [0.25, 0.3) is 5.91 Å². The minimum atomic E-state index is -0.186. The molecule has 32 heavy (non-hydrogen) atoms. The molecule has 0 atom stereocenters. The number of piperidine rings is 1. The van der Waals surface area contributed by atoms with Gasteiger partial charge in [0.05, 0.1) is 0 Å². The van der Waals surface area contributed by atoms with Gasteiger partial charge in [0.2, 0.25) is 0 Å². The number of aryl methyl sites for hydroxylation is 1. The summed E-state index contributed by atoms with van der Waals surface area (Å²) in [5, 5.41) is 2.96. The van der Waals surface area contributed by atoms with Crippen LogP contribution in [0, 0.1) is 6.92 Å². The van der Waals surface area contributed by atoms with Crippen LogP contribution in [0.25, 0.3) is 0 Å². The number of rotatable bonds is 5. The predicted octanol–water partition coefficient (Wildman–Crippen LogP) is 3.42. The van der Waals surface area contributed by atoms with E-state index in [2.05, 4.69) is 38.8 Å². The highest BCUT2D eigenvalue weighted by atomic mass is 16.1. The Hall–Kier alpha value is -2.51. The summed E-state index contributed by atoms with van der Waals surface area (Å²) in [6.07, 6.45) is 7.08. The number of hydrogen-bond donors (Lipinski definition) is 1. The van der Waals surface area contributed by atoms with Crippen molar-refractivity contribution >= 4 is 17.4 Å². The summed E-state index contributed by atoms with van der Waals surface area (Å²) in [5.41, 5.74) is 2.15. The lowest BCUT2D eigenvalue weighted by atomic mass is 10.0. The zero-order valence-corrected chi connectivity index (χ0v) is 19.6. The molecule has 0 bridgehead atoms. The monoisotopic (exact) mass is 436 g/mol. The quantitative estimate of drug-likeness (QED) is 0.775. The summed E-state index contributed by atoms with van der Waals surface area (Å²) in [6, 6.07) is 8.88. The van der Waals surface area contributed by atoms with Gasteiger partial charge in [0.1, 0.15) is 11.5 Å². The van der Waals surface area contributed by atoms with E-state index in [1.165, 1.54) is 25.9 Å². The van der Waals surface area contributed by atoms with Crippen LogP contribution >= 0.6 is 0 Å². The highest BCUT2D eigenvalue weighted by Crippen LogP contribution is 2.22. The summed E-state index contributed by atoms with van der Waals surface area (Å²) in [7, 11) is 0. The van der Waals surface area contributed by atoms with Gasteiger partial charge in [-0.15, -0.1) is 0 Å². The SMILES string of the molecule is Cc1cnccc1NC(=O)c1cccc(N2CCCN(C3CCN(C(C)C)CC3)CC2)n1. The molecule has 0 radical (unpaired) electrons. The Kier molecular flexibility index (Phi) is 7.37. The van der Waals surface area contributed by atoms with Gasteiger partial charge >= 0.3 is 0 Å². The number of likely N-dealkylation sites (tertiary alicyclic amines) is 1. The number of amides is 1. The second-order valence-electron chi connectivity index (χ2n) is 9.26. The van der Waals surface area contributed by atoms with E-state index < -0.39 is 0 Å². The molecule has 0 aliphatic carbocycles. The molecule has 1 N–H and O–H groups in total. The van der Waals surface area contributed by atoms with E-state index in [0.717, 1.165) is 49.7 Å². The summed E-state index contributed by atoms with van der Waals surface area (Å²) in [5.74, 6) is 0.704. The molecule has 0 saturated carbocycles. The molecule has 2 aromatic rings. The van der Waals surface area contributed by atoms with Crippen molar-refractivity contribution in [1.29, 1.82) is 0 Å². The van der Waals surface area contributed by atoms with Crippen molar-refractivity contribution in [1.82, 2.24) is 19.8 Å². The molecule has 2 fully saturated rings. The second-order valence-corrected chi connectivity index (χ2v) is 9.26. The van der Waals surface area contributed by atoms with Crippen LogP contribution in [0.5, 0.6) is 0 Å². The molecule has 1 amide bonds. The lowest BCUT2D eigenvalue weighted by molar-refractivity contribution is 0.0965. The number of hydrogen-bond acceptors (Lipinski definition) is 6. The largest absolute Gasteiger partial charge is 0.355 e. The first-order valence-corrected chi connectivity index (χ1v) is 11.9. The van der Waals surface area contributed by atoms with Crippen LogP contribution in [0.15, 0.2) is 36.7 Å². The predicted molar refractivity (Wildman–Crippen MR) is 129 cm³/mol. The number of anilines is 2. The maximum absolute atomic E-state index is 12.8. The normalized spacial score (nSPS) is 19.2. The number of pyridine rings is 2. The van der Waals surface area contributed by atoms with Crippen molar-refractivity contribution in [3.05, 3.63) is 47.9 Å². The molecular formula is C25H36N6O. The van der Waals surface area contributed by atoms with E-state index in [0.29, 0.717) is 17.8 Å². The molecular weight excluding hydrogens is 400 g/mol. The Morgan fingerprint density at radius 2 is 1.88 bits per heavy atom. The minimum Gasteiger partial charge on any atom is -0.355 e. The van der Waals surface area contributed by atoms with Gasteiger partial charge in [0, 0.05) is 56.3 Å². The fourth-order valence-corrected chi connectivity index (χ4v) is 4.82. The molecule has 2 saturated heterocycles. The number of carbonyl (C=O) groups is 1. The third kappa shape index (κ3) is 5.45.